The summed E-state index contributed by atoms with van der Waals surface area (Å²) in [5, 5.41) is 2.81. The van der Waals surface area contributed by atoms with Gasteiger partial charge in [0.2, 0.25) is 5.91 Å². The van der Waals surface area contributed by atoms with E-state index in [-0.39, 0.29) is 30.7 Å². The van der Waals surface area contributed by atoms with Gasteiger partial charge in [-0.25, -0.2) is 4.39 Å². The predicted molar refractivity (Wildman–Crippen MR) is 103 cm³/mol. The minimum Gasteiger partial charge on any atom is -0.494 e. The van der Waals surface area contributed by atoms with E-state index in [1.54, 1.807) is 29.2 Å². The van der Waals surface area contributed by atoms with E-state index in [1.807, 2.05) is 13.0 Å². The molecule has 0 aliphatic carbocycles. The Kier molecular flexibility index (Phi) is 6.13. The van der Waals surface area contributed by atoms with Gasteiger partial charge < -0.3 is 19.7 Å². The van der Waals surface area contributed by atoms with Gasteiger partial charge in [0, 0.05) is 25.2 Å². The molecular weight excluding hydrogens is 363 g/mol. The van der Waals surface area contributed by atoms with E-state index in [2.05, 4.69) is 5.32 Å². The molecular formula is C21H23FN2O4. The summed E-state index contributed by atoms with van der Waals surface area (Å²) in [5.41, 5.74) is 2.45. The van der Waals surface area contributed by atoms with Crippen molar-refractivity contribution in [1.29, 1.82) is 0 Å². The highest BCUT2D eigenvalue weighted by Gasteiger charge is 2.17. The van der Waals surface area contributed by atoms with Crippen molar-refractivity contribution in [1.82, 2.24) is 4.90 Å². The number of halogens is 1. The molecule has 0 unspecified atom stereocenters. The Hall–Kier alpha value is -3.09. The summed E-state index contributed by atoms with van der Waals surface area (Å²) in [6, 6.07) is 10.0. The second-order valence-electron chi connectivity index (χ2n) is 6.53. The Balaban J connectivity index is 1.60. The number of rotatable bonds is 7. The molecule has 0 fully saturated rings. The van der Waals surface area contributed by atoms with Gasteiger partial charge in [-0.15, -0.1) is 0 Å². The van der Waals surface area contributed by atoms with E-state index in [1.165, 1.54) is 13.2 Å². The lowest BCUT2D eigenvalue weighted by molar-refractivity contribution is -0.133. The van der Waals surface area contributed by atoms with Crippen molar-refractivity contribution in [3.05, 3.63) is 53.3 Å². The monoisotopic (exact) mass is 386 g/mol. The second kappa shape index (κ2) is 8.73. The quantitative estimate of drug-likeness (QED) is 0.794. The van der Waals surface area contributed by atoms with Crippen LogP contribution in [0.1, 0.15) is 24.5 Å². The van der Waals surface area contributed by atoms with Crippen molar-refractivity contribution in [2.45, 2.75) is 26.3 Å². The van der Waals surface area contributed by atoms with E-state index in [0.29, 0.717) is 30.7 Å². The Labute approximate surface area is 163 Å². The third-order valence-corrected chi connectivity index (χ3v) is 4.66. The molecule has 0 radical (unpaired) electrons. The van der Waals surface area contributed by atoms with Gasteiger partial charge in [-0.05, 0) is 54.8 Å². The molecule has 2 amide bonds. The standard InChI is InChI=1S/C21H23FN2O4/c1-3-24(12-14-4-8-19(27-2)17(22)10-14)21(26)13-28-16-6-7-18-15(11-16)5-9-20(25)23-18/h4,6-8,10-11H,3,5,9,12-13H2,1-2H3,(H,23,25). The largest absolute Gasteiger partial charge is 0.494 e. The number of fused-ring (bicyclic) bond motifs is 1. The summed E-state index contributed by atoms with van der Waals surface area (Å²) in [7, 11) is 1.41. The van der Waals surface area contributed by atoms with Crippen LogP contribution in [0.5, 0.6) is 11.5 Å². The van der Waals surface area contributed by atoms with E-state index in [9.17, 15) is 14.0 Å². The zero-order chi connectivity index (χ0) is 20.1. The van der Waals surface area contributed by atoms with E-state index in [4.69, 9.17) is 9.47 Å². The lowest BCUT2D eigenvalue weighted by Gasteiger charge is -2.22. The molecule has 148 valence electrons. The summed E-state index contributed by atoms with van der Waals surface area (Å²) >= 11 is 0. The molecule has 2 aromatic carbocycles. The normalized spacial score (nSPS) is 12.8. The smallest absolute Gasteiger partial charge is 0.260 e. The first-order chi connectivity index (χ1) is 13.5. The van der Waals surface area contributed by atoms with Crippen LogP contribution in [-0.2, 0) is 22.6 Å². The number of anilines is 1. The van der Waals surface area contributed by atoms with Gasteiger partial charge >= 0.3 is 0 Å². The number of ether oxygens (including phenoxy) is 2. The second-order valence-corrected chi connectivity index (χ2v) is 6.53. The van der Waals surface area contributed by atoms with Crippen LogP contribution >= 0.6 is 0 Å². The lowest BCUT2D eigenvalue weighted by Crippen LogP contribution is -2.34. The molecule has 0 aromatic heterocycles. The molecule has 6 nitrogen and oxygen atoms in total. The molecule has 1 aliphatic rings. The third kappa shape index (κ3) is 4.60. The van der Waals surface area contributed by atoms with Gasteiger partial charge in [0.25, 0.3) is 5.91 Å². The predicted octanol–water partition coefficient (Wildman–Crippen LogP) is 3.15. The maximum atomic E-state index is 13.9. The van der Waals surface area contributed by atoms with Crippen molar-refractivity contribution < 1.29 is 23.5 Å². The number of benzene rings is 2. The van der Waals surface area contributed by atoms with Crippen LogP contribution in [0.15, 0.2) is 36.4 Å². The van der Waals surface area contributed by atoms with Crippen LogP contribution in [0.2, 0.25) is 0 Å². The van der Waals surface area contributed by atoms with Gasteiger partial charge in [-0.3, -0.25) is 9.59 Å². The van der Waals surface area contributed by atoms with E-state index < -0.39 is 5.82 Å². The molecule has 0 saturated carbocycles. The highest BCUT2D eigenvalue weighted by Crippen LogP contribution is 2.27. The summed E-state index contributed by atoms with van der Waals surface area (Å²) in [5.74, 6) is 0.107. The molecule has 28 heavy (non-hydrogen) atoms. The number of nitrogens with one attached hydrogen (secondary N) is 1. The third-order valence-electron chi connectivity index (χ3n) is 4.66. The Morgan fingerprint density at radius 2 is 2.04 bits per heavy atom. The zero-order valence-corrected chi connectivity index (χ0v) is 16.0. The number of amides is 2. The van der Waals surface area contributed by atoms with Crippen molar-refractivity contribution in [2.75, 3.05) is 25.6 Å². The topological polar surface area (TPSA) is 67.9 Å². The van der Waals surface area contributed by atoms with E-state index >= 15 is 0 Å². The molecule has 3 rings (SSSR count). The van der Waals surface area contributed by atoms with Gasteiger partial charge in [0.05, 0.1) is 7.11 Å². The van der Waals surface area contributed by atoms with Crippen molar-refractivity contribution in [3.63, 3.8) is 0 Å². The summed E-state index contributed by atoms with van der Waals surface area (Å²) < 4.78 is 24.4. The number of methoxy groups -OCH3 is 1. The molecule has 0 atom stereocenters. The average Bonchev–Trinajstić information content (AvgIpc) is 2.70. The van der Waals surface area contributed by atoms with Crippen LogP contribution < -0.4 is 14.8 Å². The highest BCUT2D eigenvalue weighted by molar-refractivity contribution is 5.94. The Morgan fingerprint density at radius 1 is 1.21 bits per heavy atom. The average molecular weight is 386 g/mol. The Morgan fingerprint density at radius 3 is 2.75 bits per heavy atom. The number of carbonyl (C=O) groups is 2. The minimum absolute atomic E-state index is 0.00454. The number of likely N-dealkylation sites (N-methyl/N-ethyl adjacent to an activating group) is 1. The number of carbonyl (C=O) groups excluding carboxylic acids is 2. The molecule has 1 aliphatic heterocycles. The van der Waals surface area contributed by atoms with Gasteiger partial charge in [0.15, 0.2) is 18.2 Å². The highest BCUT2D eigenvalue weighted by atomic mass is 19.1. The SMILES string of the molecule is CCN(Cc1ccc(OC)c(F)c1)C(=O)COc1ccc2c(c1)CCC(=O)N2. The van der Waals surface area contributed by atoms with Crippen molar-refractivity contribution >= 4 is 17.5 Å². The first kappa shape index (κ1) is 19.7. The number of hydrogen-bond acceptors (Lipinski definition) is 4. The number of aryl methyl sites for hydroxylation is 1. The molecule has 1 heterocycles. The summed E-state index contributed by atoms with van der Waals surface area (Å²) in [6.07, 6.45) is 1.09. The fourth-order valence-electron chi connectivity index (χ4n) is 3.09. The van der Waals surface area contributed by atoms with Crippen LogP contribution in [-0.4, -0.2) is 37.0 Å². The van der Waals surface area contributed by atoms with Gasteiger partial charge in [-0.1, -0.05) is 6.07 Å². The maximum Gasteiger partial charge on any atom is 0.260 e. The summed E-state index contributed by atoms with van der Waals surface area (Å²) in [4.78, 5) is 25.5. The molecule has 1 N–H and O–H groups in total. The first-order valence-electron chi connectivity index (χ1n) is 9.16. The number of nitrogens with zero attached hydrogens (tertiary/aromatic N) is 1. The Bertz CT molecular complexity index is 885. The maximum absolute atomic E-state index is 13.9. The van der Waals surface area contributed by atoms with Crippen LogP contribution in [0, 0.1) is 5.82 Å². The molecule has 0 bridgehead atoms. The molecule has 2 aromatic rings. The lowest BCUT2D eigenvalue weighted by atomic mass is 10.0. The van der Waals surface area contributed by atoms with Crippen LogP contribution in [0.25, 0.3) is 0 Å². The van der Waals surface area contributed by atoms with Crippen molar-refractivity contribution in [2.24, 2.45) is 0 Å². The van der Waals surface area contributed by atoms with Gasteiger partial charge in [-0.2, -0.15) is 0 Å². The zero-order valence-electron chi connectivity index (χ0n) is 16.0. The minimum atomic E-state index is -0.457. The molecule has 0 saturated heterocycles. The van der Waals surface area contributed by atoms with Gasteiger partial charge in [0.1, 0.15) is 5.75 Å². The fraction of sp³-hybridized carbons (Fsp3) is 0.333. The number of hydrogen-bond donors (Lipinski definition) is 1. The molecule has 0 spiro atoms. The van der Waals surface area contributed by atoms with Crippen LogP contribution in [0.4, 0.5) is 10.1 Å². The summed E-state index contributed by atoms with van der Waals surface area (Å²) in [6.45, 7) is 2.51. The van der Waals surface area contributed by atoms with E-state index in [0.717, 1.165) is 11.3 Å². The van der Waals surface area contributed by atoms with Crippen molar-refractivity contribution in [3.8, 4) is 11.5 Å². The molecule has 7 heteroatoms. The fourth-order valence-corrected chi connectivity index (χ4v) is 3.09. The first-order valence-corrected chi connectivity index (χ1v) is 9.16. The van der Waals surface area contributed by atoms with Crippen LogP contribution in [0.3, 0.4) is 0 Å².